The minimum absolute atomic E-state index is 0.211. The number of hydrogen-bond donors (Lipinski definition) is 2. The maximum atomic E-state index is 14.0. The van der Waals surface area contributed by atoms with Gasteiger partial charge in [0.15, 0.2) is 5.50 Å². The number of ether oxygens (including phenoxy) is 1. The lowest BCUT2D eigenvalue weighted by Gasteiger charge is -2.13. The minimum Gasteiger partial charge on any atom is -0.462 e. The first-order chi connectivity index (χ1) is 17.4. The Morgan fingerprint density at radius 2 is 2.06 bits per heavy atom. The molecule has 188 valence electrons. The molecular weight excluding hydrogens is 497 g/mol. The Bertz CT molecular complexity index is 1370. The summed E-state index contributed by atoms with van der Waals surface area (Å²) in [5.74, 6) is -0.853. The van der Waals surface area contributed by atoms with Crippen LogP contribution in [0.25, 0.3) is 11.1 Å². The number of hydrogen-bond acceptors (Lipinski definition) is 6. The largest absolute Gasteiger partial charge is 0.462 e. The van der Waals surface area contributed by atoms with Crippen LogP contribution < -0.4 is 10.6 Å². The number of amides is 1. The van der Waals surface area contributed by atoms with E-state index in [4.69, 9.17) is 4.74 Å². The first kappa shape index (κ1) is 24.6. The average Bonchev–Trinajstić information content (AvgIpc) is 3.48. The zero-order valence-corrected chi connectivity index (χ0v) is 22.1. The van der Waals surface area contributed by atoms with Crippen LogP contribution in [0.3, 0.4) is 0 Å². The van der Waals surface area contributed by atoms with Gasteiger partial charge in [-0.15, -0.1) is 11.3 Å². The number of nitrogens with zero attached hydrogens (tertiary/aromatic N) is 1. The smallest absolute Gasteiger partial charge is 0.341 e. The molecule has 1 atom stereocenters. The van der Waals surface area contributed by atoms with Crippen LogP contribution in [0.5, 0.6) is 0 Å². The van der Waals surface area contributed by atoms with Gasteiger partial charge in [0, 0.05) is 16.3 Å². The van der Waals surface area contributed by atoms with E-state index in [0.717, 1.165) is 53.2 Å². The van der Waals surface area contributed by atoms with E-state index in [2.05, 4.69) is 15.2 Å². The summed E-state index contributed by atoms with van der Waals surface area (Å²) < 4.78 is 21.6. The van der Waals surface area contributed by atoms with Crippen LogP contribution in [0.15, 0.2) is 35.2 Å². The van der Waals surface area contributed by atoms with Crippen molar-refractivity contribution < 1.29 is 18.7 Å². The van der Waals surface area contributed by atoms with E-state index >= 15 is 0 Å². The Kier molecular flexibility index (Phi) is 6.94. The molecule has 1 unspecified atom stereocenters. The summed E-state index contributed by atoms with van der Waals surface area (Å²) in [7, 11) is 0. The number of nitrogens with one attached hydrogen (secondary N) is 2. The summed E-state index contributed by atoms with van der Waals surface area (Å²) in [5.41, 5.74) is 4.50. The number of carbonyl (C=O) groups is 2. The topological polar surface area (TPSA) is 72.4 Å². The highest BCUT2D eigenvalue weighted by Gasteiger charge is 2.30. The summed E-state index contributed by atoms with van der Waals surface area (Å²) in [6, 6.07) is 8.41. The van der Waals surface area contributed by atoms with E-state index in [1.54, 1.807) is 29.5 Å². The number of thioether (sulfide) groups is 1. The zero-order chi connectivity index (χ0) is 25.4. The molecule has 6 nitrogen and oxygen atoms in total. The molecule has 0 saturated carbocycles. The van der Waals surface area contributed by atoms with E-state index in [9.17, 15) is 14.0 Å². The monoisotopic (exact) mass is 525 g/mol. The van der Waals surface area contributed by atoms with E-state index in [0.29, 0.717) is 22.8 Å². The van der Waals surface area contributed by atoms with Crippen LogP contribution in [-0.2, 0) is 22.4 Å². The van der Waals surface area contributed by atoms with Gasteiger partial charge in [0.1, 0.15) is 10.8 Å². The molecule has 0 bridgehead atoms. The Morgan fingerprint density at radius 1 is 1.28 bits per heavy atom. The molecule has 2 aromatic heterocycles. The SMILES string of the molecule is CCOC(=O)c1c(-n2c(C)cc(/C=C3\SC(Nc4ccccc4F)NC3=O)c2C)sc2c1CCCC2. The summed E-state index contributed by atoms with van der Waals surface area (Å²) >= 11 is 2.98. The van der Waals surface area contributed by atoms with E-state index in [-0.39, 0.29) is 17.7 Å². The van der Waals surface area contributed by atoms with Gasteiger partial charge in [0.25, 0.3) is 5.91 Å². The molecule has 3 aromatic rings. The quantitative estimate of drug-likeness (QED) is 0.307. The molecule has 3 heterocycles. The van der Waals surface area contributed by atoms with Crippen molar-refractivity contribution >= 4 is 46.7 Å². The second kappa shape index (κ2) is 10.1. The van der Waals surface area contributed by atoms with Gasteiger partial charge in [0.05, 0.1) is 22.8 Å². The predicted octanol–water partition coefficient (Wildman–Crippen LogP) is 5.95. The highest BCUT2D eigenvalue weighted by Crippen LogP contribution is 2.40. The number of aryl methyl sites for hydroxylation is 2. The lowest BCUT2D eigenvalue weighted by molar-refractivity contribution is -0.116. The maximum Gasteiger partial charge on any atom is 0.341 e. The van der Waals surface area contributed by atoms with Crippen molar-refractivity contribution in [1.29, 1.82) is 0 Å². The highest BCUT2D eigenvalue weighted by atomic mass is 32.2. The predicted molar refractivity (Wildman–Crippen MR) is 143 cm³/mol. The number of fused-ring (bicyclic) bond motifs is 1. The first-order valence-corrected chi connectivity index (χ1v) is 13.8. The minimum atomic E-state index is -0.469. The van der Waals surface area contributed by atoms with Crippen LogP contribution in [0.2, 0.25) is 0 Å². The molecule has 0 spiro atoms. The van der Waals surface area contributed by atoms with Gasteiger partial charge in [-0.05, 0) is 81.9 Å². The Balaban J connectivity index is 1.47. The number of thiophene rings is 1. The third-order valence-electron chi connectivity index (χ3n) is 6.48. The van der Waals surface area contributed by atoms with Crippen molar-refractivity contribution in [3.05, 3.63) is 74.0 Å². The molecular formula is C27H28FN3O3S2. The van der Waals surface area contributed by atoms with Gasteiger partial charge < -0.3 is 19.9 Å². The van der Waals surface area contributed by atoms with Crippen molar-refractivity contribution in [2.45, 2.75) is 52.0 Å². The molecule has 5 rings (SSSR count). The third kappa shape index (κ3) is 4.57. The van der Waals surface area contributed by atoms with Crippen LogP contribution in [0.4, 0.5) is 10.1 Å². The molecule has 1 fully saturated rings. The van der Waals surface area contributed by atoms with E-state index < -0.39 is 5.50 Å². The summed E-state index contributed by atoms with van der Waals surface area (Å²) in [5, 5.41) is 6.78. The van der Waals surface area contributed by atoms with Crippen molar-refractivity contribution in [2.75, 3.05) is 11.9 Å². The second-order valence-corrected chi connectivity index (χ2v) is 11.1. The zero-order valence-electron chi connectivity index (χ0n) is 20.4. The molecule has 2 aliphatic rings. The average molecular weight is 526 g/mol. The molecule has 2 N–H and O–H groups in total. The Hall–Kier alpha value is -3.04. The Morgan fingerprint density at radius 3 is 2.83 bits per heavy atom. The summed E-state index contributed by atoms with van der Waals surface area (Å²) in [6.45, 7) is 6.16. The number of para-hydroxylation sites is 1. The molecule has 1 aromatic carbocycles. The van der Waals surface area contributed by atoms with Crippen LogP contribution >= 0.6 is 23.1 Å². The fourth-order valence-electron chi connectivity index (χ4n) is 4.79. The van der Waals surface area contributed by atoms with Gasteiger partial charge in [-0.25, -0.2) is 9.18 Å². The van der Waals surface area contributed by atoms with Gasteiger partial charge >= 0.3 is 5.97 Å². The normalized spacial score (nSPS) is 18.3. The van der Waals surface area contributed by atoms with Gasteiger partial charge in [-0.1, -0.05) is 23.9 Å². The standard InChI is InChI=1S/C27H28FN3O3S2/c1-4-34-26(33)23-18-9-5-8-12-21(18)35-25(23)31-15(2)13-17(16(31)3)14-22-24(32)30-27(36-22)29-20-11-7-6-10-19(20)28/h6-7,10-11,13-14,27,29H,4-5,8-9,12H2,1-3H3,(H,30,32)/b22-14-. The number of esters is 1. The second-order valence-electron chi connectivity index (χ2n) is 8.88. The Labute approximate surface area is 217 Å². The van der Waals surface area contributed by atoms with Crippen LogP contribution in [0, 0.1) is 19.7 Å². The van der Waals surface area contributed by atoms with Crippen LogP contribution in [0.1, 0.15) is 57.5 Å². The van der Waals surface area contributed by atoms with Crippen LogP contribution in [-0.4, -0.2) is 28.5 Å². The molecule has 0 radical (unpaired) electrons. The van der Waals surface area contributed by atoms with Gasteiger partial charge in [0.2, 0.25) is 0 Å². The number of halogens is 1. The summed E-state index contributed by atoms with van der Waals surface area (Å²) in [4.78, 5) is 27.5. The lowest BCUT2D eigenvalue weighted by Crippen LogP contribution is -2.31. The number of benzene rings is 1. The molecule has 1 aliphatic heterocycles. The fraction of sp³-hybridized carbons (Fsp3) is 0.333. The molecule has 1 saturated heterocycles. The first-order valence-electron chi connectivity index (χ1n) is 12.1. The summed E-state index contributed by atoms with van der Waals surface area (Å²) in [6.07, 6.45) is 5.94. The van der Waals surface area contributed by atoms with Gasteiger partial charge in [-0.3, -0.25) is 4.79 Å². The van der Waals surface area contributed by atoms with Gasteiger partial charge in [-0.2, -0.15) is 0 Å². The number of carbonyl (C=O) groups excluding carboxylic acids is 2. The van der Waals surface area contributed by atoms with Crippen molar-refractivity contribution in [3.8, 4) is 5.00 Å². The maximum absolute atomic E-state index is 14.0. The molecule has 36 heavy (non-hydrogen) atoms. The number of rotatable bonds is 6. The highest BCUT2D eigenvalue weighted by molar-refractivity contribution is 8.05. The number of anilines is 1. The van der Waals surface area contributed by atoms with Crippen molar-refractivity contribution in [1.82, 2.24) is 9.88 Å². The molecule has 9 heteroatoms. The fourth-order valence-corrected chi connectivity index (χ4v) is 7.25. The van der Waals surface area contributed by atoms with E-state index in [1.807, 2.05) is 32.9 Å². The van der Waals surface area contributed by atoms with Crippen molar-refractivity contribution in [2.24, 2.45) is 0 Å². The number of aromatic nitrogens is 1. The third-order valence-corrected chi connectivity index (χ3v) is 8.79. The van der Waals surface area contributed by atoms with E-state index in [1.165, 1.54) is 22.7 Å². The van der Waals surface area contributed by atoms with Crippen molar-refractivity contribution in [3.63, 3.8) is 0 Å². The molecule has 1 aliphatic carbocycles. The molecule has 1 amide bonds. The lowest BCUT2D eigenvalue weighted by atomic mass is 9.95.